The molecular weight excluding hydrogens is 240 g/mol. The molecule has 0 spiro atoms. The van der Waals surface area contributed by atoms with Crippen LogP contribution in [0.2, 0.25) is 0 Å². The third kappa shape index (κ3) is 4.24. The zero-order valence-corrected chi connectivity index (χ0v) is 11.5. The predicted molar refractivity (Wildman–Crippen MR) is 75.1 cm³/mol. The number of amides is 1. The van der Waals surface area contributed by atoms with Crippen molar-refractivity contribution in [1.82, 2.24) is 10.2 Å². The molecule has 1 N–H and O–H groups in total. The van der Waals surface area contributed by atoms with Gasteiger partial charge in [-0.05, 0) is 37.5 Å². The normalized spacial score (nSPS) is 14.7. The predicted octanol–water partition coefficient (Wildman–Crippen LogP) is 1.80. The molecule has 0 radical (unpaired) electrons. The van der Waals surface area contributed by atoms with E-state index in [9.17, 15) is 4.79 Å². The van der Waals surface area contributed by atoms with E-state index in [1.807, 2.05) is 36.1 Å². The first kappa shape index (κ1) is 13.9. The zero-order valence-electron chi connectivity index (χ0n) is 11.5. The van der Waals surface area contributed by atoms with Crippen LogP contribution >= 0.6 is 0 Å². The summed E-state index contributed by atoms with van der Waals surface area (Å²) in [6, 6.07) is 7.97. The second-order valence-corrected chi connectivity index (χ2v) is 4.77. The first-order chi connectivity index (χ1) is 9.29. The van der Waals surface area contributed by atoms with Crippen molar-refractivity contribution in [1.29, 1.82) is 0 Å². The fourth-order valence-electron chi connectivity index (χ4n) is 2.26. The quantitative estimate of drug-likeness (QED) is 0.850. The molecule has 0 aromatic heterocycles. The lowest BCUT2D eigenvalue weighted by Crippen LogP contribution is -2.35. The Bertz CT molecular complexity index is 397. The molecule has 4 heteroatoms. The highest BCUT2D eigenvalue weighted by atomic mass is 16.5. The molecule has 2 rings (SSSR count). The molecule has 0 aliphatic carbocycles. The van der Waals surface area contributed by atoms with Crippen LogP contribution in [0.4, 0.5) is 0 Å². The Labute approximate surface area is 114 Å². The van der Waals surface area contributed by atoms with E-state index < -0.39 is 0 Å². The van der Waals surface area contributed by atoms with Crippen LogP contribution in [-0.2, 0) is 11.3 Å². The Morgan fingerprint density at radius 1 is 1.26 bits per heavy atom. The molecule has 0 saturated carbocycles. The molecule has 1 amide bonds. The van der Waals surface area contributed by atoms with E-state index in [0.717, 1.165) is 37.2 Å². The summed E-state index contributed by atoms with van der Waals surface area (Å²) in [4.78, 5) is 13.8. The molecule has 0 atom stereocenters. The van der Waals surface area contributed by atoms with Crippen molar-refractivity contribution in [2.45, 2.75) is 26.3 Å². The molecule has 1 aromatic rings. The van der Waals surface area contributed by atoms with Crippen LogP contribution in [0.5, 0.6) is 5.75 Å². The lowest BCUT2D eigenvalue weighted by Gasteiger charge is -2.15. The van der Waals surface area contributed by atoms with Gasteiger partial charge >= 0.3 is 0 Å². The molecule has 0 bridgehead atoms. The number of hydrogen-bond donors (Lipinski definition) is 1. The van der Waals surface area contributed by atoms with Gasteiger partial charge in [0.25, 0.3) is 0 Å². The number of rotatable bonds is 6. The van der Waals surface area contributed by atoms with Gasteiger partial charge in [-0.1, -0.05) is 12.1 Å². The zero-order chi connectivity index (χ0) is 13.5. The largest absolute Gasteiger partial charge is 0.494 e. The standard InChI is InChI=1S/C15H22N2O2/c1-2-19-14-7-5-13(6-8-14)11-16-12-15(18)17-9-3-4-10-17/h5-8,16H,2-4,9-12H2,1H3. The van der Waals surface area contributed by atoms with Crippen molar-refractivity contribution in [2.75, 3.05) is 26.2 Å². The van der Waals surface area contributed by atoms with E-state index in [-0.39, 0.29) is 5.91 Å². The van der Waals surface area contributed by atoms with Gasteiger partial charge in [-0.15, -0.1) is 0 Å². The number of carbonyl (C=O) groups excluding carboxylic acids is 1. The number of nitrogens with zero attached hydrogens (tertiary/aromatic N) is 1. The van der Waals surface area contributed by atoms with Crippen molar-refractivity contribution in [2.24, 2.45) is 0 Å². The minimum atomic E-state index is 0.212. The Morgan fingerprint density at radius 2 is 1.95 bits per heavy atom. The maximum atomic E-state index is 11.8. The van der Waals surface area contributed by atoms with Crippen LogP contribution in [0.25, 0.3) is 0 Å². The molecule has 19 heavy (non-hydrogen) atoms. The molecule has 1 heterocycles. The third-order valence-corrected chi connectivity index (χ3v) is 3.30. The molecule has 4 nitrogen and oxygen atoms in total. The maximum absolute atomic E-state index is 11.8. The number of benzene rings is 1. The molecule has 1 aromatic carbocycles. The molecule has 1 saturated heterocycles. The molecule has 104 valence electrons. The fourth-order valence-corrected chi connectivity index (χ4v) is 2.26. The summed E-state index contributed by atoms with van der Waals surface area (Å²) in [5.41, 5.74) is 1.16. The molecule has 1 aliphatic heterocycles. The van der Waals surface area contributed by atoms with Crippen molar-refractivity contribution in [3.63, 3.8) is 0 Å². The topological polar surface area (TPSA) is 41.6 Å². The van der Waals surface area contributed by atoms with E-state index >= 15 is 0 Å². The summed E-state index contributed by atoms with van der Waals surface area (Å²) < 4.78 is 5.39. The van der Waals surface area contributed by atoms with Crippen LogP contribution in [0.15, 0.2) is 24.3 Å². The average Bonchev–Trinajstić information content (AvgIpc) is 2.95. The van der Waals surface area contributed by atoms with Gasteiger partial charge in [0, 0.05) is 19.6 Å². The van der Waals surface area contributed by atoms with Crippen LogP contribution < -0.4 is 10.1 Å². The fraction of sp³-hybridized carbons (Fsp3) is 0.533. The smallest absolute Gasteiger partial charge is 0.236 e. The Kier molecular flexibility index (Phi) is 5.21. The van der Waals surface area contributed by atoms with Crippen molar-refractivity contribution >= 4 is 5.91 Å². The van der Waals surface area contributed by atoms with Gasteiger partial charge in [-0.3, -0.25) is 4.79 Å². The van der Waals surface area contributed by atoms with Crippen LogP contribution in [0.1, 0.15) is 25.3 Å². The summed E-state index contributed by atoms with van der Waals surface area (Å²) in [5.74, 6) is 1.10. The Hall–Kier alpha value is -1.55. The van der Waals surface area contributed by atoms with Gasteiger partial charge in [0.1, 0.15) is 5.75 Å². The third-order valence-electron chi connectivity index (χ3n) is 3.30. The second kappa shape index (κ2) is 7.14. The molecule has 0 unspecified atom stereocenters. The Morgan fingerprint density at radius 3 is 2.58 bits per heavy atom. The van der Waals surface area contributed by atoms with Gasteiger partial charge in [0.05, 0.1) is 13.2 Å². The Balaban J connectivity index is 1.71. The van der Waals surface area contributed by atoms with E-state index in [1.165, 1.54) is 0 Å². The first-order valence-corrected chi connectivity index (χ1v) is 7.00. The van der Waals surface area contributed by atoms with Crippen molar-refractivity contribution < 1.29 is 9.53 Å². The van der Waals surface area contributed by atoms with Gasteiger partial charge in [-0.25, -0.2) is 0 Å². The SMILES string of the molecule is CCOc1ccc(CNCC(=O)N2CCCC2)cc1. The van der Waals surface area contributed by atoms with E-state index in [2.05, 4.69) is 5.32 Å². The van der Waals surface area contributed by atoms with Gasteiger partial charge in [0.15, 0.2) is 0 Å². The van der Waals surface area contributed by atoms with Crippen LogP contribution in [0.3, 0.4) is 0 Å². The minimum absolute atomic E-state index is 0.212. The average molecular weight is 262 g/mol. The number of nitrogens with one attached hydrogen (secondary N) is 1. The second-order valence-electron chi connectivity index (χ2n) is 4.77. The van der Waals surface area contributed by atoms with Gasteiger partial charge in [0.2, 0.25) is 5.91 Å². The summed E-state index contributed by atoms with van der Waals surface area (Å²) in [6.07, 6.45) is 2.29. The van der Waals surface area contributed by atoms with Crippen molar-refractivity contribution in [3.8, 4) is 5.75 Å². The number of likely N-dealkylation sites (tertiary alicyclic amines) is 1. The van der Waals surface area contributed by atoms with E-state index in [4.69, 9.17) is 4.74 Å². The molecular formula is C15H22N2O2. The maximum Gasteiger partial charge on any atom is 0.236 e. The van der Waals surface area contributed by atoms with Gasteiger partial charge in [-0.2, -0.15) is 0 Å². The highest BCUT2D eigenvalue weighted by Gasteiger charge is 2.16. The number of ether oxygens (including phenoxy) is 1. The highest BCUT2D eigenvalue weighted by molar-refractivity contribution is 5.78. The summed E-state index contributed by atoms with van der Waals surface area (Å²) >= 11 is 0. The monoisotopic (exact) mass is 262 g/mol. The van der Waals surface area contributed by atoms with E-state index in [1.54, 1.807) is 0 Å². The lowest BCUT2D eigenvalue weighted by atomic mass is 10.2. The number of carbonyl (C=O) groups is 1. The van der Waals surface area contributed by atoms with Crippen LogP contribution in [-0.4, -0.2) is 37.0 Å². The lowest BCUT2D eigenvalue weighted by molar-refractivity contribution is -0.129. The van der Waals surface area contributed by atoms with Crippen molar-refractivity contribution in [3.05, 3.63) is 29.8 Å². The minimum Gasteiger partial charge on any atom is -0.494 e. The highest BCUT2D eigenvalue weighted by Crippen LogP contribution is 2.12. The summed E-state index contributed by atoms with van der Waals surface area (Å²) in [7, 11) is 0. The number of hydrogen-bond acceptors (Lipinski definition) is 3. The summed E-state index contributed by atoms with van der Waals surface area (Å²) in [5, 5.41) is 3.20. The summed E-state index contributed by atoms with van der Waals surface area (Å²) in [6.45, 7) is 5.63. The molecule has 1 fully saturated rings. The van der Waals surface area contributed by atoms with E-state index in [0.29, 0.717) is 19.7 Å². The molecule has 1 aliphatic rings. The van der Waals surface area contributed by atoms with Gasteiger partial charge < -0.3 is 15.0 Å². The first-order valence-electron chi connectivity index (χ1n) is 7.00. The van der Waals surface area contributed by atoms with Crippen LogP contribution in [0, 0.1) is 0 Å².